The van der Waals surface area contributed by atoms with Crippen molar-refractivity contribution in [3.8, 4) is 0 Å². The van der Waals surface area contributed by atoms with Crippen molar-refractivity contribution in [2.45, 2.75) is 44.0 Å². The Morgan fingerprint density at radius 3 is 2.44 bits per heavy atom. The van der Waals surface area contributed by atoms with Crippen molar-refractivity contribution in [1.29, 1.82) is 0 Å². The fourth-order valence-corrected chi connectivity index (χ4v) is 3.31. The first-order valence-corrected chi connectivity index (χ1v) is 7.76. The lowest BCUT2D eigenvalue weighted by Crippen LogP contribution is -2.29. The van der Waals surface area contributed by atoms with Crippen LogP contribution < -0.4 is 10.5 Å². The van der Waals surface area contributed by atoms with Gasteiger partial charge in [-0.05, 0) is 24.0 Å². The lowest BCUT2D eigenvalue weighted by atomic mass is 9.92. The average molecular weight is 270 g/mol. The normalized spacial score (nSPS) is 15.3. The number of benzene rings is 1. The smallest absolute Gasteiger partial charge is 0.240 e. The molecule has 0 radical (unpaired) electrons. The SMILES string of the molecule is CCNS(=O)(=O)c1ccccc1C(C)C(N)CC. The van der Waals surface area contributed by atoms with Crippen LogP contribution in [0.2, 0.25) is 0 Å². The van der Waals surface area contributed by atoms with E-state index in [4.69, 9.17) is 5.73 Å². The van der Waals surface area contributed by atoms with Gasteiger partial charge in [-0.1, -0.05) is 39.0 Å². The fraction of sp³-hybridized carbons (Fsp3) is 0.538. The first kappa shape index (κ1) is 15.1. The highest BCUT2D eigenvalue weighted by atomic mass is 32.2. The summed E-state index contributed by atoms with van der Waals surface area (Å²) in [6.07, 6.45) is 0.816. The van der Waals surface area contributed by atoms with Crippen LogP contribution in [0.5, 0.6) is 0 Å². The number of hydrogen-bond acceptors (Lipinski definition) is 3. The first-order valence-electron chi connectivity index (χ1n) is 6.28. The molecule has 1 aromatic rings. The highest BCUT2D eigenvalue weighted by Crippen LogP contribution is 2.26. The third kappa shape index (κ3) is 3.31. The molecule has 102 valence electrons. The Balaban J connectivity index is 3.23. The second-order valence-electron chi connectivity index (χ2n) is 4.40. The van der Waals surface area contributed by atoms with E-state index in [0.717, 1.165) is 12.0 Å². The maximum absolute atomic E-state index is 12.1. The van der Waals surface area contributed by atoms with Crippen molar-refractivity contribution in [2.24, 2.45) is 5.73 Å². The predicted octanol–water partition coefficient (Wildman–Crippen LogP) is 1.83. The Labute approximate surface area is 110 Å². The van der Waals surface area contributed by atoms with Crippen molar-refractivity contribution in [3.05, 3.63) is 29.8 Å². The molecule has 0 heterocycles. The summed E-state index contributed by atoms with van der Waals surface area (Å²) in [5, 5.41) is 0. The number of hydrogen-bond donors (Lipinski definition) is 2. The minimum absolute atomic E-state index is 0.0135. The summed E-state index contributed by atoms with van der Waals surface area (Å²) in [5.41, 5.74) is 6.80. The second-order valence-corrected chi connectivity index (χ2v) is 6.14. The van der Waals surface area contributed by atoms with Gasteiger partial charge in [0.1, 0.15) is 0 Å². The number of nitrogens with one attached hydrogen (secondary N) is 1. The van der Waals surface area contributed by atoms with Gasteiger partial charge in [0.15, 0.2) is 0 Å². The molecule has 0 bridgehead atoms. The molecule has 2 unspecified atom stereocenters. The zero-order chi connectivity index (χ0) is 13.8. The van der Waals surface area contributed by atoms with Gasteiger partial charge in [-0.2, -0.15) is 0 Å². The van der Waals surface area contributed by atoms with Gasteiger partial charge in [-0.15, -0.1) is 0 Å². The Bertz CT molecular complexity index is 486. The van der Waals surface area contributed by atoms with E-state index >= 15 is 0 Å². The van der Waals surface area contributed by atoms with Crippen LogP contribution in [0.3, 0.4) is 0 Å². The largest absolute Gasteiger partial charge is 0.327 e. The van der Waals surface area contributed by atoms with Crippen LogP contribution in [0.1, 0.15) is 38.7 Å². The van der Waals surface area contributed by atoms with E-state index in [-0.39, 0.29) is 12.0 Å². The number of rotatable bonds is 6. The van der Waals surface area contributed by atoms with Crippen molar-refractivity contribution < 1.29 is 8.42 Å². The van der Waals surface area contributed by atoms with Crippen molar-refractivity contribution in [3.63, 3.8) is 0 Å². The van der Waals surface area contributed by atoms with E-state index in [0.29, 0.717) is 11.4 Å². The monoisotopic (exact) mass is 270 g/mol. The molecule has 4 nitrogen and oxygen atoms in total. The summed E-state index contributed by atoms with van der Waals surface area (Å²) in [4.78, 5) is 0.336. The van der Waals surface area contributed by atoms with Crippen LogP contribution in [-0.2, 0) is 10.0 Å². The molecule has 0 saturated heterocycles. The van der Waals surface area contributed by atoms with E-state index in [2.05, 4.69) is 4.72 Å². The van der Waals surface area contributed by atoms with Gasteiger partial charge in [0.25, 0.3) is 0 Å². The van der Waals surface area contributed by atoms with E-state index in [1.807, 2.05) is 26.0 Å². The fourth-order valence-electron chi connectivity index (χ4n) is 1.95. The molecule has 0 amide bonds. The number of nitrogens with two attached hydrogens (primary N) is 1. The summed E-state index contributed by atoms with van der Waals surface area (Å²) in [7, 11) is -3.43. The van der Waals surface area contributed by atoms with E-state index < -0.39 is 10.0 Å². The van der Waals surface area contributed by atoms with Crippen molar-refractivity contribution >= 4 is 10.0 Å². The molecule has 0 aliphatic heterocycles. The van der Waals surface area contributed by atoms with Gasteiger partial charge >= 0.3 is 0 Å². The van der Waals surface area contributed by atoms with Crippen LogP contribution in [0.15, 0.2) is 29.2 Å². The quantitative estimate of drug-likeness (QED) is 0.828. The molecule has 5 heteroatoms. The summed E-state index contributed by atoms with van der Waals surface area (Å²) >= 11 is 0. The zero-order valence-electron chi connectivity index (χ0n) is 11.2. The minimum atomic E-state index is -3.43. The minimum Gasteiger partial charge on any atom is -0.327 e. The van der Waals surface area contributed by atoms with E-state index in [1.165, 1.54) is 0 Å². The van der Waals surface area contributed by atoms with Gasteiger partial charge in [0.2, 0.25) is 10.0 Å². The average Bonchev–Trinajstić information content (AvgIpc) is 2.37. The summed E-state index contributed by atoms with van der Waals surface area (Å²) in [5.74, 6) is 0.0135. The number of sulfonamides is 1. The Morgan fingerprint density at radius 1 is 1.28 bits per heavy atom. The van der Waals surface area contributed by atoms with Gasteiger partial charge in [-0.25, -0.2) is 13.1 Å². The molecule has 0 aliphatic rings. The van der Waals surface area contributed by atoms with Crippen LogP contribution in [-0.4, -0.2) is 21.0 Å². The van der Waals surface area contributed by atoms with Gasteiger partial charge in [0, 0.05) is 12.6 Å². The van der Waals surface area contributed by atoms with Crippen LogP contribution >= 0.6 is 0 Å². The maximum atomic E-state index is 12.1. The molecule has 3 N–H and O–H groups in total. The summed E-state index contributed by atoms with van der Waals surface area (Å²) in [6, 6.07) is 7.01. The Kier molecular flexibility index (Phi) is 5.31. The second kappa shape index (κ2) is 6.31. The van der Waals surface area contributed by atoms with Crippen molar-refractivity contribution in [2.75, 3.05) is 6.54 Å². The van der Waals surface area contributed by atoms with Crippen LogP contribution in [0.4, 0.5) is 0 Å². The summed E-state index contributed by atoms with van der Waals surface area (Å²) < 4.78 is 26.8. The molecule has 1 aromatic carbocycles. The van der Waals surface area contributed by atoms with Gasteiger partial charge < -0.3 is 5.73 Å². The van der Waals surface area contributed by atoms with Crippen LogP contribution in [0, 0.1) is 0 Å². The lowest BCUT2D eigenvalue weighted by Gasteiger charge is -2.21. The predicted molar refractivity (Wildman–Crippen MR) is 74.0 cm³/mol. The third-order valence-electron chi connectivity index (χ3n) is 3.15. The lowest BCUT2D eigenvalue weighted by molar-refractivity contribution is 0.539. The molecule has 0 spiro atoms. The Hall–Kier alpha value is -0.910. The molecule has 0 saturated carbocycles. The van der Waals surface area contributed by atoms with Crippen molar-refractivity contribution in [1.82, 2.24) is 4.72 Å². The highest BCUT2D eigenvalue weighted by Gasteiger charge is 2.22. The molecule has 0 aliphatic carbocycles. The zero-order valence-corrected chi connectivity index (χ0v) is 12.0. The van der Waals surface area contributed by atoms with Gasteiger partial charge in [0.05, 0.1) is 4.90 Å². The summed E-state index contributed by atoms with van der Waals surface area (Å²) in [6.45, 7) is 6.11. The molecule has 1 rings (SSSR count). The topological polar surface area (TPSA) is 72.2 Å². The van der Waals surface area contributed by atoms with E-state index in [9.17, 15) is 8.42 Å². The molecular formula is C13H22N2O2S. The standard InChI is InChI=1S/C13H22N2O2S/c1-4-12(14)10(3)11-8-6-7-9-13(11)18(16,17)15-5-2/h6-10,12,15H,4-5,14H2,1-3H3. The third-order valence-corrected chi connectivity index (χ3v) is 4.77. The van der Waals surface area contributed by atoms with Gasteiger partial charge in [-0.3, -0.25) is 0 Å². The molecule has 18 heavy (non-hydrogen) atoms. The molecule has 0 aromatic heterocycles. The molecule has 2 atom stereocenters. The highest BCUT2D eigenvalue weighted by molar-refractivity contribution is 7.89. The Morgan fingerprint density at radius 2 is 1.89 bits per heavy atom. The first-order chi connectivity index (χ1) is 8.44. The maximum Gasteiger partial charge on any atom is 0.240 e. The molecular weight excluding hydrogens is 248 g/mol. The molecule has 0 fully saturated rings. The van der Waals surface area contributed by atoms with E-state index in [1.54, 1.807) is 19.1 Å². The van der Waals surface area contributed by atoms with Crippen LogP contribution in [0.25, 0.3) is 0 Å².